The first-order valence-electron chi connectivity index (χ1n) is 9.64. The molecule has 1 aromatic heterocycles. The molecule has 27 heavy (non-hydrogen) atoms. The van der Waals surface area contributed by atoms with Crippen molar-refractivity contribution in [1.29, 1.82) is 0 Å². The topological polar surface area (TPSA) is 70.5 Å². The number of nitrogens with zero attached hydrogens (tertiary/aromatic N) is 4. The summed E-state index contributed by atoms with van der Waals surface area (Å²) in [5.74, 6) is 0.0618. The second kappa shape index (κ2) is 7.82. The standard InChI is InChI=1S/C20H25N5O2/c26-19(16-4-3-6-18(14-16)25-13-9-22-20(25)27)24-10-2-1-5-17(24)7-11-23-12-8-21-15-23/h3-4,6,8,12,14-15,17H,1-2,5,7,9-11,13H2,(H,22,27). The Bertz CT molecular complexity index is 804. The fourth-order valence-corrected chi connectivity index (χ4v) is 3.98. The smallest absolute Gasteiger partial charge is 0.321 e. The molecule has 1 atom stereocenters. The third-order valence-electron chi connectivity index (χ3n) is 5.43. The zero-order valence-corrected chi connectivity index (χ0v) is 15.4. The number of urea groups is 1. The summed E-state index contributed by atoms with van der Waals surface area (Å²) in [5, 5.41) is 2.80. The number of aromatic nitrogens is 2. The highest BCUT2D eigenvalue weighted by Crippen LogP contribution is 2.25. The van der Waals surface area contributed by atoms with Crippen molar-refractivity contribution in [3.63, 3.8) is 0 Å². The van der Waals surface area contributed by atoms with Crippen LogP contribution in [0.3, 0.4) is 0 Å². The quantitative estimate of drug-likeness (QED) is 0.883. The predicted molar refractivity (Wildman–Crippen MR) is 103 cm³/mol. The average Bonchev–Trinajstić information content (AvgIpc) is 3.38. The van der Waals surface area contributed by atoms with Crippen LogP contribution in [0.25, 0.3) is 0 Å². The number of hydrogen-bond acceptors (Lipinski definition) is 3. The van der Waals surface area contributed by atoms with Crippen LogP contribution in [-0.4, -0.2) is 52.1 Å². The van der Waals surface area contributed by atoms with E-state index >= 15 is 0 Å². The number of rotatable bonds is 5. The number of aryl methyl sites for hydroxylation is 1. The van der Waals surface area contributed by atoms with Crippen LogP contribution in [0.4, 0.5) is 10.5 Å². The molecule has 3 amide bonds. The summed E-state index contributed by atoms with van der Waals surface area (Å²) < 4.78 is 2.06. The molecule has 2 aliphatic heterocycles. The van der Waals surface area contributed by atoms with E-state index in [1.807, 2.05) is 41.7 Å². The van der Waals surface area contributed by atoms with Gasteiger partial charge in [-0.15, -0.1) is 0 Å². The van der Waals surface area contributed by atoms with Crippen LogP contribution >= 0.6 is 0 Å². The fraction of sp³-hybridized carbons (Fsp3) is 0.450. The van der Waals surface area contributed by atoms with E-state index in [1.54, 1.807) is 11.1 Å². The first-order chi connectivity index (χ1) is 13.2. The molecule has 7 heteroatoms. The Hall–Kier alpha value is -2.83. The minimum Gasteiger partial charge on any atom is -0.337 e. The average molecular weight is 367 g/mol. The summed E-state index contributed by atoms with van der Waals surface area (Å²) in [5.41, 5.74) is 1.43. The normalized spacial score (nSPS) is 20.0. The first-order valence-corrected chi connectivity index (χ1v) is 9.64. The molecule has 1 N–H and O–H groups in total. The van der Waals surface area contributed by atoms with E-state index < -0.39 is 0 Å². The minimum atomic E-state index is -0.101. The van der Waals surface area contributed by atoms with E-state index in [-0.39, 0.29) is 18.0 Å². The van der Waals surface area contributed by atoms with Gasteiger partial charge in [-0.3, -0.25) is 9.69 Å². The number of imidazole rings is 1. The number of likely N-dealkylation sites (tertiary alicyclic amines) is 1. The summed E-state index contributed by atoms with van der Waals surface area (Å²) in [7, 11) is 0. The highest BCUT2D eigenvalue weighted by Gasteiger charge is 2.28. The maximum atomic E-state index is 13.2. The number of benzene rings is 1. The monoisotopic (exact) mass is 367 g/mol. The molecule has 1 unspecified atom stereocenters. The van der Waals surface area contributed by atoms with Crippen LogP contribution in [0.5, 0.6) is 0 Å². The second-order valence-corrected chi connectivity index (χ2v) is 7.17. The lowest BCUT2D eigenvalue weighted by Gasteiger charge is -2.36. The summed E-state index contributed by atoms with van der Waals surface area (Å²) in [4.78, 5) is 32.9. The van der Waals surface area contributed by atoms with Gasteiger partial charge in [-0.1, -0.05) is 6.07 Å². The lowest BCUT2D eigenvalue weighted by atomic mass is 9.98. The third kappa shape index (κ3) is 3.82. The lowest BCUT2D eigenvalue weighted by Crippen LogP contribution is -2.44. The summed E-state index contributed by atoms with van der Waals surface area (Å²) in [6, 6.07) is 7.58. The van der Waals surface area contributed by atoms with Gasteiger partial charge in [-0.2, -0.15) is 0 Å². The van der Waals surface area contributed by atoms with Crippen LogP contribution in [0.2, 0.25) is 0 Å². The largest absolute Gasteiger partial charge is 0.337 e. The zero-order valence-electron chi connectivity index (χ0n) is 15.4. The van der Waals surface area contributed by atoms with Crippen molar-refractivity contribution in [1.82, 2.24) is 19.8 Å². The molecule has 2 aliphatic rings. The lowest BCUT2D eigenvalue weighted by molar-refractivity contribution is 0.0595. The molecule has 3 heterocycles. The maximum Gasteiger partial charge on any atom is 0.321 e. The van der Waals surface area contributed by atoms with Gasteiger partial charge in [0, 0.05) is 55.9 Å². The van der Waals surface area contributed by atoms with Crippen molar-refractivity contribution >= 4 is 17.6 Å². The molecule has 7 nitrogen and oxygen atoms in total. The van der Waals surface area contributed by atoms with E-state index in [1.165, 1.54) is 0 Å². The maximum absolute atomic E-state index is 13.2. The van der Waals surface area contributed by atoms with Crippen molar-refractivity contribution in [3.05, 3.63) is 48.5 Å². The van der Waals surface area contributed by atoms with Gasteiger partial charge >= 0.3 is 6.03 Å². The number of piperidine rings is 1. The highest BCUT2D eigenvalue weighted by atomic mass is 16.2. The van der Waals surface area contributed by atoms with Crippen molar-refractivity contribution in [3.8, 4) is 0 Å². The Kier molecular flexibility index (Phi) is 5.09. The Morgan fingerprint density at radius 3 is 2.96 bits per heavy atom. The van der Waals surface area contributed by atoms with Crippen LogP contribution < -0.4 is 10.2 Å². The van der Waals surface area contributed by atoms with Gasteiger partial charge in [0.05, 0.1) is 6.33 Å². The van der Waals surface area contributed by atoms with Crippen LogP contribution in [0.1, 0.15) is 36.0 Å². The number of carbonyl (C=O) groups excluding carboxylic acids is 2. The molecule has 2 aromatic rings. The van der Waals surface area contributed by atoms with Gasteiger partial charge in [0.25, 0.3) is 5.91 Å². The van der Waals surface area contributed by atoms with Crippen molar-refractivity contribution in [2.45, 2.75) is 38.3 Å². The molecule has 4 rings (SSSR count). The Morgan fingerprint density at radius 2 is 2.19 bits per heavy atom. The van der Waals surface area contributed by atoms with E-state index in [4.69, 9.17) is 0 Å². The van der Waals surface area contributed by atoms with E-state index in [0.29, 0.717) is 18.7 Å². The molecule has 0 saturated carbocycles. The molecule has 0 spiro atoms. The Balaban J connectivity index is 1.48. The minimum absolute atomic E-state index is 0.0618. The van der Waals surface area contributed by atoms with E-state index in [0.717, 1.165) is 44.5 Å². The third-order valence-corrected chi connectivity index (χ3v) is 5.43. The van der Waals surface area contributed by atoms with E-state index in [2.05, 4.69) is 14.9 Å². The number of amides is 3. The van der Waals surface area contributed by atoms with Gasteiger partial charge in [-0.05, 0) is 43.9 Å². The number of anilines is 1. The Labute approximate surface area is 159 Å². The predicted octanol–water partition coefficient (Wildman–Crippen LogP) is 2.50. The summed E-state index contributed by atoms with van der Waals surface area (Å²) in [6.45, 7) is 2.93. The van der Waals surface area contributed by atoms with Crippen LogP contribution in [0.15, 0.2) is 43.0 Å². The van der Waals surface area contributed by atoms with Crippen molar-refractivity contribution < 1.29 is 9.59 Å². The number of hydrogen-bond donors (Lipinski definition) is 1. The van der Waals surface area contributed by atoms with Gasteiger partial charge < -0.3 is 14.8 Å². The van der Waals surface area contributed by atoms with Gasteiger partial charge in [0.15, 0.2) is 0 Å². The molecular weight excluding hydrogens is 342 g/mol. The number of nitrogens with one attached hydrogen (secondary N) is 1. The zero-order chi connectivity index (χ0) is 18.6. The van der Waals surface area contributed by atoms with Crippen molar-refractivity contribution in [2.75, 3.05) is 24.5 Å². The van der Waals surface area contributed by atoms with Crippen molar-refractivity contribution in [2.24, 2.45) is 0 Å². The summed E-state index contributed by atoms with van der Waals surface area (Å²) >= 11 is 0. The second-order valence-electron chi connectivity index (χ2n) is 7.17. The van der Waals surface area contributed by atoms with Crippen LogP contribution in [-0.2, 0) is 6.54 Å². The Morgan fingerprint density at radius 1 is 1.26 bits per heavy atom. The molecule has 0 bridgehead atoms. The molecule has 1 aromatic carbocycles. The van der Waals surface area contributed by atoms with Gasteiger partial charge in [-0.25, -0.2) is 9.78 Å². The number of carbonyl (C=O) groups is 2. The molecule has 142 valence electrons. The van der Waals surface area contributed by atoms with Gasteiger partial charge in [0.2, 0.25) is 0 Å². The molecular formula is C20H25N5O2. The van der Waals surface area contributed by atoms with Gasteiger partial charge in [0.1, 0.15) is 0 Å². The molecule has 0 radical (unpaired) electrons. The van der Waals surface area contributed by atoms with E-state index in [9.17, 15) is 9.59 Å². The molecule has 0 aliphatic carbocycles. The highest BCUT2D eigenvalue weighted by molar-refractivity contribution is 5.98. The molecule has 2 fully saturated rings. The SMILES string of the molecule is O=C1NCCN1c1cccc(C(=O)N2CCCCC2CCn2ccnc2)c1. The van der Waals surface area contributed by atoms with Crippen LogP contribution in [0, 0.1) is 0 Å². The summed E-state index contributed by atoms with van der Waals surface area (Å²) in [6.07, 6.45) is 9.72. The first kappa shape index (κ1) is 17.6. The molecule has 2 saturated heterocycles. The fourth-order valence-electron chi connectivity index (χ4n) is 3.98.